The maximum Gasteiger partial charge on any atom is 0.130 e. The number of halogens is 2. The van der Waals surface area contributed by atoms with Crippen molar-refractivity contribution in [1.29, 1.82) is 0 Å². The first-order valence-corrected chi connectivity index (χ1v) is 4.10. The molecule has 3 nitrogen and oxygen atoms in total. The normalized spacial score (nSPS) is 10.7. The van der Waals surface area contributed by atoms with E-state index in [1.807, 2.05) is 0 Å². The average Bonchev–Trinajstić information content (AvgIpc) is 2.35. The van der Waals surface area contributed by atoms with Crippen molar-refractivity contribution in [3.05, 3.63) is 21.9 Å². The van der Waals surface area contributed by atoms with E-state index < -0.39 is 0 Å². The Morgan fingerprint density at radius 1 is 1.45 bits per heavy atom. The third-order valence-corrected chi connectivity index (χ3v) is 2.21. The van der Waals surface area contributed by atoms with Crippen molar-refractivity contribution in [2.24, 2.45) is 0 Å². The highest BCUT2D eigenvalue weighted by atomic mass is 79.9. The Hall–Kier alpha value is -0.610. The molecule has 5 heteroatoms. The molecule has 0 saturated carbocycles. The first-order chi connectivity index (χ1) is 5.29. The standard InChI is InChI=1S/C6H3BrClN3/c7-6-5-4(10-11-6)3(8)1-2-9-5/h1-2H,(H,10,11). The number of hydrogen-bond acceptors (Lipinski definition) is 2. The van der Waals surface area contributed by atoms with Crippen molar-refractivity contribution in [3.8, 4) is 0 Å². The average molecular weight is 232 g/mol. The van der Waals surface area contributed by atoms with Gasteiger partial charge in [0.2, 0.25) is 0 Å². The summed E-state index contributed by atoms with van der Waals surface area (Å²) < 4.78 is 0.759. The van der Waals surface area contributed by atoms with Gasteiger partial charge in [-0.3, -0.25) is 10.1 Å². The molecule has 1 N–H and O–H groups in total. The van der Waals surface area contributed by atoms with Gasteiger partial charge in [0.15, 0.2) is 0 Å². The Kier molecular flexibility index (Phi) is 1.58. The third-order valence-electron chi connectivity index (χ3n) is 1.35. The smallest absolute Gasteiger partial charge is 0.130 e. The summed E-state index contributed by atoms with van der Waals surface area (Å²) in [6.45, 7) is 0. The third kappa shape index (κ3) is 1.02. The summed E-state index contributed by atoms with van der Waals surface area (Å²) in [5, 5.41) is 7.30. The molecule has 11 heavy (non-hydrogen) atoms. The van der Waals surface area contributed by atoms with Crippen LogP contribution in [0.15, 0.2) is 16.9 Å². The minimum Gasteiger partial charge on any atom is -0.269 e. The van der Waals surface area contributed by atoms with Crippen LogP contribution in [0.3, 0.4) is 0 Å². The van der Waals surface area contributed by atoms with Crippen molar-refractivity contribution < 1.29 is 0 Å². The Morgan fingerprint density at radius 3 is 3.00 bits per heavy atom. The van der Waals surface area contributed by atoms with Gasteiger partial charge in [0.1, 0.15) is 15.6 Å². The fourth-order valence-corrected chi connectivity index (χ4v) is 1.42. The Balaban J connectivity index is 2.94. The second-order valence-corrected chi connectivity index (χ2v) is 3.23. The van der Waals surface area contributed by atoms with Gasteiger partial charge < -0.3 is 0 Å². The molecule has 0 radical (unpaired) electrons. The summed E-state index contributed by atoms with van der Waals surface area (Å²) in [5.41, 5.74) is 1.46. The summed E-state index contributed by atoms with van der Waals surface area (Å²) >= 11 is 9.09. The number of aromatic amines is 1. The molecule has 56 valence electrons. The van der Waals surface area contributed by atoms with E-state index in [9.17, 15) is 0 Å². The van der Waals surface area contributed by atoms with Gasteiger partial charge in [-0.1, -0.05) is 11.6 Å². The Labute approximate surface area is 75.9 Å². The zero-order valence-corrected chi connectivity index (χ0v) is 7.65. The zero-order chi connectivity index (χ0) is 7.84. The monoisotopic (exact) mass is 231 g/mol. The van der Waals surface area contributed by atoms with Gasteiger partial charge >= 0.3 is 0 Å². The molecule has 0 aliphatic rings. The van der Waals surface area contributed by atoms with E-state index in [0.717, 1.165) is 10.1 Å². The molecular formula is C6H3BrClN3. The first-order valence-electron chi connectivity index (χ1n) is 2.93. The lowest BCUT2D eigenvalue weighted by Gasteiger charge is -1.88. The molecule has 2 heterocycles. The highest BCUT2D eigenvalue weighted by Crippen LogP contribution is 2.23. The molecule has 0 amide bonds. The van der Waals surface area contributed by atoms with Crippen LogP contribution in [0.25, 0.3) is 11.0 Å². The van der Waals surface area contributed by atoms with E-state index in [1.54, 1.807) is 12.3 Å². The molecule has 2 rings (SSSR count). The highest BCUT2D eigenvalue weighted by Gasteiger charge is 2.05. The van der Waals surface area contributed by atoms with Crippen LogP contribution >= 0.6 is 27.5 Å². The van der Waals surface area contributed by atoms with Crippen LogP contribution in [0.4, 0.5) is 0 Å². The summed E-state index contributed by atoms with van der Waals surface area (Å²) in [6, 6.07) is 1.71. The van der Waals surface area contributed by atoms with Crippen LogP contribution in [0.2, 0.25) is 5.02 Å². The van der Waals surface area contributed by atoms with Gasteiger partial charge in [0, 0.05) is 6.20 Å². The fourth-order valence-electron chi connectivity index (χ4n) is 0.855. The fraction of sp³-hybridized carbons (Fsp3) is 0. The summed E-state index contributed by atoms with van der Waals surface area (Å²) in [6.07, 6.45) is 1.64. The molecule has 0 aromatic carbocycles. The zero-order valence-electron chi connectivity index (χ0n) is 5.31. The number of aromatic nitrogens is 3. The molecule has 0 aliphatic carbocycles. The van der Waals surface area contributed by atoms with Gasteiger partial charge in [-0.05, 0) is 22.0 Å². The van der Waals surface area contributed by atoms with E-state index in [1.165, 1.54) is 0 Å². The van der Waals surface area contributed by atoms with Crippen molar-refractivity contribution in [2.75, 3.05) is 0 Å². The van der Waals surface area contributed by atoms with Crippen LogP contribution in [0.5, 0.6) is 0 Å². The number of fused-ring (bicyclic) bond motifs is 1. The Bertz CT molecular complexity index is 398. The molecule has 0 fully saturated rings. The lowest BCUT2D eigenvalue weighted by atomic mass is 10.4. The maximum atomic E-state index is 5.83. The molecule has 0 unspecified atom stereocenters. The minimum absolute atomic E-state index is 0.608. The largest absolute Gasteiger partial charge is 0.269 e. The summed E-state index contributed by atoms with van der Waals surface area (Å²) in [4.78, 5) is 4.08. The summed E-state index contributed by atoms with van der Waals surface area (Å²) in [7, 11) is 0. The quantitative estimate of drug-likeness (QED) is 0.758. The predicted molar refractivity (Wildman–Crippen MR) is 46.6 cm³/mol. The minimum atomic E-state index is 0.608. The molecule has 2 aromatic heterocycles. The van der Waals surface area contributed by atoms with Crippen LogP contribution in [0, 0.1) is 0 Å². The van der Waals surface area contributed by atoms with Gasteiger partial charge in [-0.2, -0.15) is 5.10 Å². The lowest BCUT2D eigenvalue weighted by molar-refractivity contribution is 1.10. The van der Waals surface area contributed by atoms with Crippen LogP contribution in [-0.2, 0) is 0 Å². The van der Waals surface area contributed by atoms with Gasteiger partial charge in [-0.15, -0.1) is 0 Å². The van der Waals surface area contributed by atoms with Crippen LogP contribution in [0.1, 0.15) is 0 Å². The lowest BCUT2D eigenvalue weighted by Crippen LogP contribution is -1.74. The second-order valence-electron chi connectivity index (χ2n) is 2.03. The van der Waals surface area contributed by atoms with E-state index in [2.05, 4.69) is 31.1 Å². The van der Waals surface area contributed by atoms with Crippen LogP contribution < -0.4 is 0 Å². The molecule has 0 bridgehead atoms. The molecule has 0 atom stereocenters. The topological polar surface area (TPSA) is 41.6 Å². The van der Waals surface area contributed by atoms with Crippen molar-refractivity contribution in [2.45, 2.75) is 0 Å². The number of rotatable bonds is 0. The van der Waals surface area contributed by atoms with E-state index in [0.29, 0.717) is 10.5 Å². The number of H-pyrrole nitrogens is 1. The Morgan fingerprint density at radius 2 is 2.27 bits per heavy atom. The molecule has 0 aliphatic heterocycles. The number of hydrogen-bond donors (Lipinski definition) is 1. The maximum absolute atomic E-state index is 5.83. The molecular weight excluding hydrogens is 229 g/mol. The van der Waals surface area contributed by atoms with Crippen molar-refractivity contribution >= 4 is 38.6 Å². The molecule has 0 spiro atoms. The van der Waals surface area contributed by atoms with Gasteiger partial charge in [0.25, 0.3) is 0 Å². The van der Waals surface area contributed by atoms with Gasteiger partial charge in [-0.25, -0.2) is 0 Å². The number of nitrogens with one attached hydrogen (secondary N) is 1. The van der Waals surface area contributed by atoms with E-state index in [4.69, 9.17) is 11.6 Å². The van der Waals surface area contributed by atoms with E-state index in [-0.39, 0.29) is 0 Å². The van der Waals surface area contributed by atoms with Gasteiger partial charge in [0.05, 0.1) is 5.02 Å². The second kappa shape index (κ2) is 2.46. The SMILES string of the molecule is Clc1ccnc2c(Br)[nH]nc12. The summed E-state index contributed by atoms with van der Waals surface area (Å²) in [5.74, 6) is 0. The van der Waals surface area contributed by atoms with Crippen molar-refractivity contribution in [1.82, 2.24) is 15.2 Å². The molecule has 2 aromatic rings. The molecule has 0 saturated heterocycles. The predicted octanol–water partition coefficient (Wildman–Crippen LogP) is 2.37. The van der Waals surface area contributed by atoms with E-state index >= 15 is 0 Å². The van der Waals surface area contributed by atoms with Crippen LogP contribution in [-0.4, -0.2) is 15.2 Å². The first kappa shape index (κ1) is 7.06. The number of pyridine rings is 1. The van der Waals surface area contributed by atoms with Crippen molar-refractivity contribution in [3.63, 3.8) is 0 Å². The number of nitrogens with zero attached hydrogens (tertiary/aromatic N) is 2. The highest BCUT2D eigenvalue weighted by molar-refractivity contribution is 9.10.